The zero-order valence-electron chi connectivity index (χ0n) is 13.2. The molecule has 28 heavy (non-hydrogen) atoms. The van der Waals surface area contributed by atoms with Crippen LogP contribution in [0.5, 0.6) is 0 Å². The van der Waals surface area contributed by atoms with Gasteiger partial charge in [-0.3, -0.25) is 81.5 Å². The first kappa shape index (κ1) is 159. The van der Waals surface area contributed by atoms with E-state index in [1.54, 1.807) is 0 Å². The van der Waals surface area contributed by atoms with Gasteiger partial charge in [0.15, 0.2) is 0 Å². The van der Waals surface area contributed by atoms with Crippen LogP contribution in [0.4, 0.5) is 0 Å². The normalized spacial score (nSPS) is 1.71. The van der Waals surface area contributed by atoms with E-state index in [0.717, 1.165) is 0 Å². The van der Waals surface area contributed by atoms with Crippen LogP contribution in [0.25, 0.3) is 0 Å². The van der Waals surface area contributed by atoms with E-state index < -0.39 is 0 Å². The Balaban J connectivity index is -0.00000000396. The molecule has 0 bridgehead atoms. The molecular weight excluding hydrogens is 660 g/mol. The molecule has 12 nitrogen and oxygen atoms in total. The van der Waals surface area contributed by atoms with Crippen molar-refractivity contribution < 1.29 is 130 Å². The van der Waals surface area contributed by atoms with E-state index in [2.05, 4.69) is 81.5 Å². The maximum absolute atomic E-state index is 7.75. The smallest absolute Gasteiger partial charge is 0.545 e. The van der Waals surface area contributed by atoms with Gasteiger partial charge in [0, 0.05) is 19.5 Å². The maximum Gasteiger partial charge on any atom is 3.00 e. The van der Waals surface area contributed by atoms with Crippen molar-refractivity contribution >= 4 is 81.5 Å². The van der Waals surface area contributed by atoms with E-state index in [1.165, 1.54) is 0 Å². The molecule has 0 aliphatic heterocycles. The Labute approximate surface area is 210 Å². The van der Waals surface area contributed by atoms with Crippen LogP contribution in [0, 0.1) is 0 Å². The molecule has 0 rings (SSSR count). The Kier molecular flexibility index (Phi) is 29300. The van der Waals surface area contributed by atoms with Crippen molar-refractivity contribution in [2.45, 2.75) is 0 Å². The first-order valence-electron chi connectivity index (χ1n) is 2.83. The van der Waals surface area contributed by atoms with E-state index in [-0.39, 0.29) is 72.5 Å². The summed E-state index contributed by atoms with van der Waals surface area (Å²) < 4.78 is 0. The number of carbonyl (C=O) groups excluding carboxylic acids is 12. The van der Waals surface area contributed by atoms with Gasteiger partial charge in [0.1, 0.15) is 0 Å². The zero-order valence-corrected chi connectivity index (χ0v) is 18.5. The van der Waals surface area contributed by atoms with Crippen molar-refractivity contribution in [3.63, 3.8) is 0 Å². The third-order valence-corrected chi connectivity index (χ3v) is 0. The molecule has 0 aromatic heterocycles. The molecule has 172 valence electrons. The monoisotopic (exact) mass is 672 g/mol. The molecule has 0 atom stereocenters. The Morgan fingerprint density at radius 2 is 0.250 bits per heavy atom. The zero-order chi connectivity index (χ0) is 24.0. The van der Waals surface area contributed by atoms with Crippen LogP contribution >= 0.6 is 0 Å². The molecule has 0 saturated carbocycles. The Hall–Kier alpha value is -1.70. The number of hydrogen-bond acceptors (Lipinski definition) is 12. The summed E-state index contributed by atoms with van der Waals surface area (Å²) in [6.07, 6.45) is 0. The molecule has 2 radical (unpaired) electrons. The van der Waals surface area contributed by atoms with Crippen molar-refractivity contribution in [2.75, 3.05) is 0 Å². The Morgan fingerprint density at radius 1 is 0.250 bits per heavy atom. The quantitative estimate of drug-likeness (QED) is 0.141. The van der Waals surface area contributed by atoms with Crippen molar-refractivity contribution in [3.05, 3.63) is 0 Å². The van der Waals surface area contributed by atoms with Gasteiger partial charge in [-0.1, -0.05) is 0 Å². The van der Waals surface area contributed by atoms with Gasteiger partial charge < -0.3 is 57.5 Å². The van der Waals surface area contributed by atoms with Crippen molar-refractivity contribution in [1.29, 1.82) is 0 Å². The summed E-state index contributed by atoms with van der Waals surface area (Å²) in [5, 5.41) is 0. The van der Waals surface area contributed by atoms with E-state index in [0.29, 0.717) is 0 Å². The molecular formula is C12H12Co2O12Rh2-4. The summed E-state index contributed by atoms with van der Waals surface area (Å²) >= 11 is 0. The van der Waals surface area contributed by atoms with Gasteiger partial charge in [-0.2, -0.15) is 0 Å². The second kappa shape index (κ2) is 5170. The Bertz CT molecular complexity index is 87.6. The van der Waals surface area contributed by atoms with Gasteiger partial charge in [0.05, 0.1) is 0 Å². The van der Waals surface area contributed by atoms with Gasteiger partial charge in [0.25, 0.3) is 0 Å². The van der Waals surface area contributed by atoms with E-state index in [1.807, 2.05) is 0 Å². The van der Waals surface area contributed by atoms with Crippen LogP contribution in [-0.2, 0) is 130 Å². The summed E-state index contributed by atoms with van der Waals surface area (Å²) in [7, 11) is 0. The second-order valence-corrected chi connectivity index (χ2v) is 0. The van der Waals surface area contributed by atoms with Gasteiger partial charge in [0.2, 0.25) is 0 Å². The minimum Gasteiger partial charge on any atom is -0.545 e. The van der Waals surface area contributed by atoms with Crippen molar-refractivity contribution in [3.8, 4) is 0 Å². The van der Waals surface area contributed by atoms with Crippen LogP contribution in [0.2, 0.25) is 0 Å². The van der Waals surface area contributed by atoms with Crippen molar-refractivity contribution in [1.82, 2.24) is 0 Å². The summed E-state index contributed by atoms with van der Waals surface area (Å²) in [5.41, 5.74) is 0. The molecule has 0 aliphatic rings. The van der Waals surface area contributed by atoms with Crippen LogP contribution in [0.15, 0.2) is 0 Å². The minimum atomic E-state index is 0. The second-order valence-electron chi connectivity index (χ2n) is 0. The van der Waals surface area contributed by atoms with E-state index >= 15 is 0 Å². The van der Waals surface area contributed by atoms with Crippen LogP contribution < -0.4 is 0 Å². The minimum absolute atomic E-state index is 0. The molecule has 0 N–H and O–H groups in total. The standard InChI is InChI=1S/12CHO.2Co.2Rh/c12*1-2;;;;/h12*1H;;;;/q12*-1;+2;+3;;+3. The SMILES string of the molecule is [CH-]=O.[CH-]=O.[CH-]=O.[CH-]=O.[CH-]=O.[CH-]=O.[CH-]=O.[CH-]=O.[CH-]=O.[CH-]=O.[CH-]=O.[CH-]=O.[Co+2].[Co+3].[Rh+3].[Rh]. The molecule has 0 aromatic rings. The van der Waals surface area contributed by atoms with Crippen LogP contribution in [0.3, 0.4) is 0 Å². The summed E-state index contributed by atoms with van der Waals surface area (Å²) in [4.78, 5) is 93.0. The average molecular weight is 672 g/mol. The molecule has 0 unspecified atom stereocenters. The fraction of sp³-hybridized carbons (Fsp3) is 0. The number of hydrogen-bond donors (Lipinski definition) is 0. The first-order chi connectivity index (χ1) is 12.0. The molecule has 0 saturated heterocycles. The summed E-state index contributed by atoms with van der Waals surface area (Å²) in [5.74, 6) is 0. The molecule has 0 heterocycles. The molecule has 0 amide bonds. The average Bonchev–Trinajstić information content (AvgIpc) is 2.84. The largest absolute Gasteiger partial charge is 3.00 e. The fourth-order valence-electron chi connectivity index (χ4n) is 0. The Morgan fingerprint density at radius 3 is 0.250 bits per heavy atom. The summed E-state index contributed by atoms with van der Waals surface area (Å²) in [6, 6.07) is 0. The van der Waals surface area contributed by atoms with Crippen LogP contribution in [-0.4, -0.2) is 81.5 Å². The fourth-order valence-corrected chi connectivity index (χ4v) is 0. The van der Waals surface area contributed by atoms with Gasteiger partial charge in [-0.05, 0) is 0 Å². The third-order valence-electron chi connectivity index (χ3n) is 0. The first-order valence-corrected chi connectivity index (χ1v) is 2.83. The van der Waals surface area contributed by atoms with Crippen LogP contribution in [0.1, 0.15) is 0 Å². The van der Waals surface area contributed by atoms with Crippen molar-refractivity contribution in [2.24, 2.45) is 0 Å². The molecule has 0 fully saturated rings. The predicted octanol–water partition coefficient (Wildman–Crippen LogP) is -3.30. The third kappa shape index (κ3) is 4560. The van der Waals surface area contributed by atoms with E-state index in [4.69, 9.17) is 57.5 Å². The predicted molar refractivity (Wildman–Crippen MR) is 81.0 cm³/mol. The van der Waals surface area contributed by atoms with Gasteiger partial charge in [-0.25, -0.2) is 0 Å². The molecule has 0 aromatic carbocycles. The number of rotatable bonds is 0. The molecule has 16 heteroatoms. The van der Waals surface area contributed by atoms with E-state index in [9.17, 15) is 0 Å². The topological polar surface area (TPSA) is 205 Å². The van der Waals surface area contributed by atoms with Gasteiger partial charge >= 0.3 is 53.0 Å². The maximum atomic E-state index is 7.75. The molecule has 0 spiro atoms. The molecule has 0 aliphatic carbocycles. The van der Waals surface area contributed by atoms with Gasteiger partial charge in [-0.15, -0.1) is 0 Å². The summed E-state index contributed by atoms with van der Waals surface area (Å²) in [6.45, 7) is 39.0.